The third kappa shape index (κ3) is 1.91. The van der Waals surface area contributed by atoms with Crippen LogP contribution in [0.5, 0.6) is 0 Å². The molecule has 0 bridgehead atoms. The maximum Gasteiger partial charge on any atom is 0.255 e. The molecule has 1 aromatic rings. The molecule has 1 saturated carbocycles. The van der Waals surface area contributed by atoms with Crippen molar-refractivity contribution in [2.45, 2.75) is 18.4 Å². The molecule has 0 unspecified atom stereocenters. The zero-order chi connectivity index (χ0) is 12.9. The van der Waals surface area contributed by atoms with E-state index in [9.17, 15) is 9.90 Å². The third-order valence-corrected chi connectivity index (χ3v) is 4.47. The Morgan fingerprint density at radius 3 is 2.72 bits per heavy atom. The number of rotatable bonds is 2. The maximum atomic E-state index is 12.3. The van der Waals surface area contributed by atoms with Crippen molar-refractivity contribution in [2.24, 2.45) is 5.92 Å². The first-order valence-electron chi connectivity index (χ1n) is 6.06. The van der Waals surface area contributed by atoms with Gasteiger partial charge in [0, 0.05) is 10.2 Å². The van der Waals surface area contributed by atoms with Crippen molar-refractivity contribution in [1.29, 1.82) is 0 Å². The van der Waals surface area contributed by atoms with Gasteiger partial charge in [0.15, 0.2) is 0 Å². The molecular formula is C13H15BrN2O2. The zero-order valence-corrected chi connectivity index (χ0v) is 11.5. The Morgan fingerprint density at radius 2 is 2.11 bits per heavy atom. The summed E-state index contributed by atoms with van der Waals surface area (Å²) >= 11 is 3.36. The van der Waals surface area contributed by atoms with E-state index in [1.54, 1.807) is 23.1 Å². The van der Waals surface area contributed by atoms with E-state index in [0.29, 0.717) is 30.3 Å². The van der Waals surface area contributed by atoms with Gasteiger partial charge >= 0.3 is 0 Å². The molecule has 0 atom stereocenters. The Morgan fingerprint density at radius 1 is 1.44 bits per heavy atom. The van der Waals surface area contributed by atoms with Crippen LogP contribution >= 0.6 is 15.9 Å². The lowest BCUT2D eigenvalue weighted by Gasteiger charge is -2.47. The number of β-amino-alcohol motifs (C(OH)–C–C–N with tert-alkyl or cyclic N) is 1. The van der Waals surface area contributed by atoms with Gasteiger partial charge in [0.25, 0.3) is 5.91 Å². The van der Waals surface area contributed by atoms with Crippen molar-refractivity contribution >= 4 is 27.5 Å². The maximum absolute atomic E-state index is 12.3. The van der Waals surface area contributed by atoms with E-state index in [1.807, 2.05) is 0 Å². The first-order chi connectivity index (χ1) is 8.49. The molecule has 1 aliphatic heterocycles. The number of nitrogens with two attached hydrogens (primary N) is 1. The van der Waals surface area contributed by atoms with Crippen LogP contribution in [0.25, 0.3) is 0 Å². The van der Waals surface area contributed by atoms with Gasteiger partial charge in [-0.25, -0.2) is 0 Å². The highest BCUT2D eigenvalue weighted by Gasteiger charge is 2.53. The number of benzene rings is 1. The topological polar surface area (TPSA) is 66.6 Å². The lowest BCUT2D eigenvalue weighted by molar-refractivity contribution is -0.0958. The fourth-order valence-electron chi connectivity index (χ4n) is 2.51. The van der Waals surface area contributed by atoms with Crippen LogP contribution in [-0.4, -0.2) is 34.6 Å². The number of carbonyl (C=O) groups excluding carboxylic acids is 1. The summed E-state index contributed by atoms with van der Waals surface area (Å²) in [4.78, 5) is 13.9. The van der Waals surface area contributed by atoms with Crippen LogP contribution < -0.4 is 5.73 Å². The molecular weight excluding hydrogens is 296 g/mol. The van der Waals surface area contributed by atoms with Crippen molar-refractivity contribution < 1.29 is 9.90 Å². The number of aliphatic hydroxyl groups is 1. The van der Waals surface area contributed by atoms with Gasteiger partial charge in [-0.05, 0) is 52.9 Å². The van der Waals surface area contributed by atoms with Crippen molar-refractivity contribution in [3.8, 4) is 0 Å². The van der Waals surface area contributed by atoms with Gasteiger partial charge in [0.05, 0.1) is 18.7 Å². The van der Waals surface area contributed by atoms with Gasteiger partial charge in [-0.2, -0.15) is 0 Å². The molecule has 3 N–H and O–H groups in total. The molecule has 0 radical (unpaired) electrons. The Bertz CT molecular complexity index is 508. The number of nitrogen functional groups attached to an aromatic ring is 1. The smallest absolute Gasteiger partial charge is 0.255 e. The SMILES string of the molecule is Nc1ccc(Br)c(C(=O)N2CC(O)(C3CC3)C2)c1. The van der Waals surface area contributed by atoms with E-state index in [4.69, 9.17) is 5.73 Å². The Labute approximate surface area is 114 Å². The normalized spacial score (nSPS) is 21.6. The number of hydrogen-bond donors (Lipinski definition) is 2. The van der Waals surface area contributed by atoms with E-state index in [1.165, 1.54) is 0 Å². The van der Waals surface area contributed by atoms with Gasteiger partial charge in [0.1, 0.15) is 5.60 Å². The lowest BCUT2D eigenvalue weighted by atomic mass is 9.88. The molecule has 1 amide bonds. The molecule has 2 fully saturated rings. The van der Waals surface area contributed by atoms with Crippen LogP contribution in [0.1, 0.15) is 23.2 Å². The predicted molar refractivity (Wildman–Crippen MR) is 72.1 cm³/mol. The third-order valence-electron chi connectivity index (χ3n) is 3.77. The minimum absolute atomic E-state index is 0.0699. The summed E-state index contributed by atoms with van der Waals surface area (Å²) in [5, 5.41) is 10.2. The fraction of sp³-hybridized carbons (Fsp3) is 0.462. The first kappa shape index (κ1) is 12.0. The summed E-state index contributed by atoms with van der Waals surface area (Å²) in [7, 11) is 0. The van der Waals surface area contributed by atoms with Crippen LogP contribution in [0.15, 0.2) is 22.7 Å². The first-order valence-corrected chi connectivity index (χ1v) is 6.85. The minimum Gasteiger partial charge on any atom is -0.399 e. The molecule has 1 saturated heterocycles. The minimum atomic E-state index is -0.636. The number of carbonyl (C=O) groups is 1. The molecule has 96 valence electrons. The molecule has 1 aliphatic carbocycles. The molecule has 0 spiro atoms. The number of halogens is 1. The standard InChI is InChI=1S/C13H15BrN2O2/c14-11-4-3-9(15)5-10(11)12(17)16-6-13(18,7-16)8-1-2-8/h3-5,8,18H,1-2,6-7,15H2. The molecule has 18 heavy (non-hydrogen) atoms. The quantitative estimate of drug-likeness (QED) is 0.816. The van der Waals surface area contributed by atoms with E-state index >= 15 is 0 Å². The zero-order valence-electron chi connectivity index (χ0n) is 9.90. The van der Waals surface area contributed by atoms with Gasteiger partial charge in [-0.15, -0.1) is 0 Å². The van der Waals surface area contributed by atoms with E-state index in [2.05, 4.69) is 15.9 Å². The number of hydrogen-bond acceptors (Lipinski definition) is 3. The highest BCUT2D eigenvalue weighted by atomic mass is 79.9. The van der Waals surface area contributed by atoms with Gasteiger partial charge < -0.3 is 15.7 Å². The lowest BCUT2D eigenvalue weighted by Crippen LogP contribution is -2.64. The van der Waals surface area contributed by atoms with Crippen LogP contribution in [0.4, 0.5) is 5.69 Å². The monoisotopic (exact) mass is 310 g/mol. The summed E-state index contributed by atoms with van der Waals surface area (Å²) < 4.78 is 0.739. The molecule has 5 heteroatoms. The van der Waals surface area contributed by atoms with Crippen molar-refractivity contribution in [2.75, 3.05) is 18.8 Å². The van der Waals surface area contributed by atoms with Gasteiger partial charge in [-0.1, -0.05) is 0 Å². The summed E-state index contributed by atoms with van der Waals surface area (Å²) in [6.45, 7) is 0.884. The highest BCUT2D eigenvalue weighted by Crippen LogP contribution is 2.45. The second-order valence-corrected chi connectivity index (χ2v) is 6.13. The van der Waals surface area contributed by atoms with Gasteiger partial charge in [-0.3, -0.25) is 4.79 Å². The number of amides is 1. The summed E-state index contributed by atoms with van der Waals surface area (Å²) in [5.41, 5.74) is 6.19. The second kappa shape index (κ2) is 3.96. The fourth-order valence-corrected chi connectivity index (χ4v) is 2.93. The van der Waals surface area contributed by atoms with E-state index in [-0.39, 0.29) is 5.91 Å². The number of nitrogens with zero attached hydrogens (tertiary/aromatic N) is 1. The van der Waals surface area contributed by atoms with Crippen LogP contribution in [0.3, 0.4) is 0 Å². The largest absolute Gasteiger partial charge is 0.399 e. The molecule has 2 aliphatic rings. The van der Waals surface area contributed by atoms with Crippen molar-refractivity contribution in [3.63, 3.8) is 0 Å². The van der Waals surface area contributed by atoms with Crippen LogP contribution in [-0.2, 0) is 0 Å². The van der Waals surface area contributed by atoms with E-state index in [0.717, 1.165) is 17.3 Å². The average molecular weight is 311 g/mol. The van der Waals surface area contributed by atoms with Crippen molar-refractivity contribution in [3.05, 3.63) is 28.2 Å². The summed E-state index contributed by atoms with van der Waals surface area (Å²) in [6, 6.07) is 5.19. The summed E-state index contributed by atoms with van der Waals surface area (Å²) in [5.74, 6) is 0.324. The molecule has 0 aromatic heterocycles. The van der Waals surface area contributed by atoms with Crippen LogP contribution in [0, 0.1) is 5.92 Å². The molecule has 4 nitrogen and oxygen atoms in total. The Hall–Kier alpha value is -1.07. The molecule has 3 rings (SSSR count). The number of likely N-dealkylation sites (tertiary alicyclic amines) is 1. The molecule has 1 heterocycles. The summed E-state index contributed by atoms with van der Waals surface area (Å²) in [6.07, 6.45) is 2.17. The predicted octanol–water partition coefficient (Wildman–Crippen LogP) is 1.63. The Balaban J connectivity index is 1.74. The second-order valence-electron chi connectivity index (χ2n) is 5.28. The molecule has 1 aromatic carbocycles. The van der Waals surface area contributed by atoms with Gasteiger partial charge in [0.2, 0.25) is 0 Å². The van der Waals surface area contributed by atoms with E-state index < -0.39 is 5.60 Å². The highest BCUT2D eigenvalue weighted by molar-refractivity contribution is 9.10. The van der Waals surface area contributed by atoms with Crippen molar-refractivity contribution in [1.82, 2.24) is 4.90 Å². The van der Waals surface area contributed by atoms with Crippen LogP contribution in [0.2, 0.25) is 0 Å². The average Bonchev–Trinajstić information content (AvgIpc) is 3.11. The Kier molecular flexibility index (Phi) is 2.64. The number of anilines is 1.